The van der Waals surface area contributed by atoms with E-state index in [9.17, 15) is 23.9 Å². The number of phenolic OH excluding ortho intramolecular Hbond substituents is 1. The van der Waals surface area contributed by atoms with Crippen LogP contribution >= 0.6 is 0 Å². The third kappa shape index (κ3) is 3.82. The molecular weight excluding hydrogens is 377 g/mol. The maximum Gasteiger partial charge on any atom is 0.257 e. The van der Waals surface area contributed by atoms with Crippen LogP contribution in [-0.4, -0.2) is 30.0 Å². The number of nitrogens with zero attached hydrogens (tertiary/aromatic N) is 1. The molecular formula is C21H24FN3O4. The lowest BCUT2D eigenvalue weighted by Crippen LogP contribution is -2.37. The van der Waals surface area contributed by atoms with Crippen molar-refractivity contribution < 1.29 is 17.1 Å². The van der Waals surface area contributed by atoms with Gasteiger partial charge in [0.1, 0.15) is 17.2 Å². The zero-order valence-electron chi connectivity index (χ0n) is 16.1. The van der Waals surface area contributed by atoms with Gasteiger partial charge < -0.3 is 20.6 Å². The van der Waals surface area contributed by atoms with Gasteiger partial charge in [-0.15, -0.1) is 0 Å². The van der Waals surface area contributed by atoms with Gasteiger partial charge in [0, 0.05) is 23.0 Å². The van der Waals surface area contributed by atoms with Gasteiger partial charge in [0.05, 0.1) is 11.3 Å². The average molecular weight is 401 g/mol. The van der Waals surface area contributed by atoms with E-state index in [-0.39, 0.29) is 43.1 Å². The number of anilines is 3. The lowest BCUT2D eigenvalue weighted by Gasteiger charge is -2.21. The van der Waals surface area contributed by atoms with Crippen molar-refractivity contribution >= 4 is 23.0 Å². The molecule has 0 radical (unpaired) electrons. The number of carbonyl (C=O) groups is 1. The second-order valence-corrected chi connectivity index (χ2v) is 6.85. The van der Waals surface area contributed by atoms with E-state index in [2.05, 4.69) is 10.6 Å². The van der Waals surface area contributed by atoms with Crippen molar-refractivity contribution in [3.8, 4) is 5.75 Å². The minimum absolute atomic E-state index is 0. The highest BCUT2D eigenvalue weighted by atomic mass is 19.1. The minimum atomic E-state index is -0.734. The fourth-order valence-electron chi connectivity index (χ4n) is 2.89. The first-order valence-electron chi connectivity index (χ1n) is 8.86. The molecule has 0 saturated heterocycles. The number of carbonyl (C=O) groups excluding carboxylic acids is 1. The maximum atomic E-state index is 13.1. The summed E-state index contributed by atoms with van der Waals surface area (Å²) in [6.45, 7) is 1.77. The van der Waals surface area contributed by atoms with Crippen LogP contribution in [0.3, 0.4) is 0 Å². The van der Waals surface area contributed by atoms with Gasteiger partial charge in [-0.3, -0.25) is 14.4 Å². The van der Waals surface area contributed by atoms with Crippen LogP contribution < -0.4 is 21.5 Å². The van der Waals surface area contributed by atoms with E-state index in [1.54, 1.807) is 39.2 Å². The highest BCUT2D eigenvalue weighted by Crippen LogP contribution is 2.32. The summed E-state index contributed by atoms with van der Waals surface area (Å²) in [6, 6.07) is 9.90. The van der Waals surface area contributed by atoms with Crippen molar-refractivity contribution in [2.45, 2.75) is 13.0 Å². The number of aromatic hydroxyl groups is 1. The quantitative estimate of drug-likeness (QED) is 0.433. The number of hydrogen-bond donors (Lipinski definition) is 3. The van der Waals surface area contributed by atoms with E-state index in [0.717, 1.165) is 5.56 Å². The summed E-state index contributed by atoms with van der Waals surface area (Å²) in [6.07, 6.45) is 0. The number of hydrogen-bond acceptors (Lipinski definition) is 6. The Morgan fingerprint density at radius 2 is 1.69 bits per heavy atom. The molecule has 154 valence electrons. The van der Waals surface area contributed by atoms with Crippen LogP contribution in [0.15, 0.2) is 52.1 Å². The second kappa shape index (κ2) is 7.75. The van der Waals surface area contributed by atoms with Crippen LogP contribution in [0.5, 0.6) is 5.75 Å². The van der Waals surface area contributed by atoms with Crippen LogP contribution in [0.2, 0.25) is 0 Å². The van der Waals surface area contributed by atoms with Gasteiger partial charge in [0.15, 0.2) is 5.75 Å². The number of phenols is 1. The Morgan fingerprint density at radius 3 is 2.31 bits per heavy atom. The average Bonchev–Trinajstić information content (AvgIpc) is 2.71. The fraction of sp³-hybridized carbons (Fsp3) is 0.190. The number of rotatable bonds is 6. The summed E-state index contributed by atoms with van der Waals surface area (Å²) in [5.41, 5.74) is -0.449. The molecule has 0 unspecified atom stereocenters. The summed E-state index contributed by atoms with van der Waals surface area (Å²) < 4.78 is 13.1. The number of amides is 1. The lowest BCUT2D eigenvalue weighted by atomic mass is 10.1. The molecule has 1 amide bonds. The van der Waals surface area contributed by atoms with Gasteiger partial charge in [-0.1, -0.05) is 18.2 Å². The number of para-hydroxylation sites is 1. The topological polar surface area (TPSA) is 98.7 Å². The molecule has 0 spiro atoms. The molecule has 1 atom stereocenters. The number of halogens is 1. The predicted octanol–water partition coefficient (Wildman–Crippen LogP) is 3.24. The molecule has 0 fully saturated rings. The second-order valence-electron chi connectivity index (χ2n) is 6.85. The molecule has 0 aliphatic heterocycles. The number of nitrogens with one attached hydrogen (secondary N) is 2. The largest absolute Gasteiger partial charge is 0.505 e. The minimum Gasteiger partial charge on any atom is -0.505 e. The third-order valence-corrected chi connectivity index (χ3v) is 4.57. The Balaban J connectivity index is 0.00000240. The van der Waals surface area contributed by atoms with E-state index < -0.39 is 16.8 Å². The Morgan fingerprint density at radius 1 is 1.07 bits per heavy atom. The fourth-order valence-corrected chi connectivity index (χ4v) is 2.89. The van der Waals surface area contributed by atoms with Crippen molar-refractivity contribution in [3.63, 3.8) is 0 Å². The van der Waals surface area contributed by atoms with Gasteiger partial charge in [0.2, 0.25) is 0 Å². The van der Waals surface area contributed by atoms with Crippen LogP contribution in [0.1, 0.15) is 31.7 Å². The first-order chi connectivity index (χ1) is 13.7. The lowest BCUT2D eigenvalue weighted by molar-refractivity contribution is 0.0824. The molecule has 3 N–H and O–H groups in total. The predicted molar refractivity (Wildman–Crippen MR) is 113 cm³/mol. The zero-order chi connectivity index (χ0) is 21.3. The molecule has 7 nitrogen and oxygen atoms in total. The first-order valence-corrected chi connectivity index (χ1v) is 8.86. The van der Waals surface area contributed by atoms with Crippen molar-refractivity contribution in [3.05, 3.63) is 79.9 Å². The number of benzene rings is 2. The Bertz CT molecular complexity index is 1140. The van der Waals surface area contributed by atoms with Gasteiger partial charge >= 0.3 is 0 Å². The standard InChI is InChI=1S/C21H20FN3O4.2H2/c1-11(12-7-9-13(22)10-8-12)23-16-17(20(28)19(16)27)24-15-6-4-5-14(18(15)26)21(29)25(2)3;;/h4-11,23-24,26H,1-3H3;2*1H/t11-;;/m0../s1. The van der Waals surface area contributed by atoms with Gasteiger partial charge in [-0.05, 0) is 36.8 Å². The molecule has 0 aliphatic rings. The van der Waals surface area contributed by atoms with Gasteiger partial charge in [0.25, 0.3) is 16.8 Å². The summed E-state index contributed by atoms with van der Waals surface area (Å²) >= 11 is 0. The monoisotopic (exact) mass is 401 g/mol. The molecule has 0 aromatic heterocycles. The van der Waals surface area contributed by atoms with Crippen molar-refractivity contribution in [2.24, 2.45) is 0 Å². The van der Waals surface area contributed by atoms with Crippen molar-refractivity contribution in [2.75, 3.05) is 24.7 Å². The molecule has 0 bridgehead atoms. The normalized spacial score (nSPS) is 11.9. The Hall–Kier alpha value is -3.68. The van der Waals surface area contributed by atoms with Crippen LogP contribution in [0, 0.1) is 5.82 Å². The summed E-state index contributed by atoms with van der Waals surface area (Å²) in [5, 5.41) is 16.1. The molecule has 8 heteroatoms. The smallest absolute Gasteiger partial charge is 0.257 e. The van der Waals surface area contributed by atoms with E-state index >= 15 is 0 Å². The Labute approximate surface area is 169 Å². The molecule has 29 heavy (non-hydrogen) atoms. The zero-order valence-corrected chi connectivity index (χ0v) is 16.1. The van der Waals surface area contributed by atoms with Crippen molar-refractivity contribution in [1.29, 1.82) is 0 Å². The van der Waals surface area contributed by atoms with Gasteiger partial charge in [-0.2, -0.15) is 0 Å². The van der Waals surface area contributed by atoms with Crippen LogP contribution in [-0.2, 0) is 0 Å². The van der Waals surface area contributed by atoms with E-state index in [0.29, 0.717) is 0 Å². The molecule has 3 aromatic rings. The maximum absolute atomic E-state index is 13.1. The highest BCUT2D eigenvalue weighted by Gasteiger charge is 2.24. The van der Waals surface area contributed by atoms with Gasteiger partial charge in [-0.25, -0.2) is 4.39 Å². The molecule has 3 rings (SSSR count). The van der Waals surface area contributed by atoms with Crippen LogP contribution in [0.25, 0.3) is 0 Å². The highest BCUT2D eigenvalue weighted by molar-refractivity contribution is 5.99. The summed E-state index contributed by atoms with van der Waals surface area (Å²) in [5.74, 6) is -1.10. The Kier molecular flexibility index (Phi) is 5.36. The molecule has 0 heterocycles. The van der Waals surface area contributed by atoms with E-state index in [1.165, 1.54) is 29.2 Å². The summed E-state index contributed by atoms with van der Waals surface area (Å²) in [4.78, 5) is 37.6. The molecule has 0 saturated carbocycles. The van der Waals surface area contributed by atoms with Crippen LogP contribution in [0.4, 0.5) is 21.5 Å². The molecule has 3 aromatic carbocycles. The molecule has 0 aliphatic carbocycles. The SMILES string of the molecule is C[C@H](Nc1c(Nc2cccc(C(=O)N(C)C)c2O)c(=O)c1=O)c1ccc(F)cc1.[HH].[HH]. The van der Waals surface area contributed by atoms with E-state index in [4.69, 9.17) is 0 Å². The van der Waals surface area contributed by atoms with E-state index in [1.807, 2.05) is 0 Å². The first kappa shape index (κ1) is 20.1. The third-order valence-electron chi connectivity index (χ3n) is 4.57. The summed E-state index contributed by atoms with van der Waals surface area (Å²) in [7, 11) is 3.11. The van der Waals surface area contributed by atoms with Crippen molar-refractivity contribution in [1.82, 2.24) is 4.90 Å².